The number of amides is 1. The SMILES string of the molecule is CSc1cccc(C(=O)N(CCN(C)C)c2nc3c(SC)cccc3s2)c1. The number of thioether (sulfide) groups is 2. The minimum atomic E-state index is -0.00231. The van der Waals surface area contributed by atoms with Gasteiger partial charge in [0.25, 0.3) is 5.91 Å². The molecule has 0 spiro atoms. The lowest BCUT2D eigenvalue weighted by Crippen LogP contribution is -2.36. The van der Waals surface area contributed by atoms with Crippen LogP contribution in [0.3, 0.4) is 0 Å². The van der Waals surface area contributed by atoms with Gasteiger partial charge in [-0.05, 0) is 56.9 Å². The number of para-hydroxylation sites is 1. The Labute approximate surface area is 173 Å². The van der Waals surface area contributed by atoms with Gasteiger partial charge in [-0.15, -0.1) is 23.5 Å². The van der Waals surface area contributed by atoms with E-state index in [4.69, 9.17) is 4.98 Å². The van der Waals surface area contributed by atoms with E-state index in [1.54, 1.807) is 34.9 Å². The minimum Gasteiger partial charge on any atom is -0.308 e. The van der Waals surface area contributed by atoms with Gasteiger partial charge < -0.3 is 4.90 Å². The molecule has 0 bridgehead atoms. The standard InChI is InChI=1S/C20H23N3OS3/c1-22(2)11-12-23(19(24)14-7-5-8-15(13-14)25-3)20-21-18-16(26-4)9-6-10-17(18)27-20/h5-10,13H,11-12H2,1-4H3. The van der Waals surface area contributed by atoms with Gasteiger partial charge in [0.1, 0.15) is 0 Å². The second kappa shape index (κ2) is 9.10. The van der Waals surface area contributed by atoms with Crippen LogP contribution in [0.5, 0.6) is 0 Å². The van der Waals surface area contributed by atoms with Crippen LogP contribution in [0.1, 0.15) is 10.4 Å². The monoisotopic (exact) mass is 417 g/mol. The third kappa shape index (κ3) is 4.66. The van der Waals surface area contributed by atoms with E-state index in [1.807, 2.05) is 55.6 Å². The molecule has 1 amide bonds. The summed E-state index contributed by atoms with van der Waals surface area (Å²) in [6.45, 7) is 1.38. The molecule has 0 atom stereocenters. The van der Waals surface area contributed by atoms with Crippen LogP contribution in [0.15, 0.2) is 52.3 Å². The van der Waals surface area contributed by atoms with Crippen molar-refractivity contribution in [3.05, 3.63) is 48.0 Å². The Hall–Kier alpha value is -1.54. The number of aromatic nitrogens is 1. The van der Waals surface area contributed by atoms with Gasteiger partial charge >= 0.3 is 0 Å². The number of hydrogen-bond donors (Lipinski definition) is 0. The summed E-state index contributed by atoms with van der Waals surface area (Å²) in [6, 6.07) is 14.0. The van der Waals surface area contributed by atoms with Crippen LogP contribution in [-0.4, -0.2) is 55.5 Å². The van der Waals surface area contributed by atoms with Crippen molar-refractivity contribution in [2.24, 2.45) is 0 Å². The van der Waals surface area contributed by atoms with Crippen molar-refractivity contribution in [3.63, 3.8) is 0 Å². The smallest absolute Gasteiger partial charge is 0.260 e. The molecule has 1 heterocycles. The molecule has 0 unspecified atom stereocenters. The van der Waals surface area contributed by atoms with Crippen LogP contribution in [0.4, 0.5) is 5.13 Å². The molecule has 3 aromatic rings. The molecule has 0 aliphatic heterocycles. The number of fused-ring (bicyclic) bond motifs is 1. The maximum Gasteiger partial charge on any atom is 0.260 e. The molecular weight excluding hydrogens is 394 g/mol. The molecule has 0 saturated heterocycles. The molecule has 27 heavy (non-hydrogen) atoms. The van der Waals surface area contributed by atoms with Gasteiger partial charge in [-0.25, -0.2) is 4.98 Å². The number of anilines is 1. The second-order valence-corrected chi connectivity index (χ2v) is 9.03. The zero-order valence-corrected chi connectivity index (χ0v) is 18.4. The fourth-order valence-corrected chi connectivity index (χ4v) is 4.79. The molecule has 0 N–H and O–H groups in total. The predicted octanol–water partition coefficient (Wildman–Crippen LogP) is 4.95. The number of carbonyl (C=O) groups is 1. The van der Waals surface area contributed by atoms with Crippen LogP contribution in [-0.2, 0) is 0 Å². The molecule has 2 aromatic carbocycles. The van der Waals surface area contributed by atoms with E-state index < -0.39 is 0 Å². The summed E-state index contributed by atoms with van der Waals surface area (Å²) in [5.74, 6) is -0.00231. The number of nitrogens with zero attached hydrogens (tertiary/aromatic N) is 3. The van der Waals surface area contributed by atoms with Crippen LogP contribution < -0.4 is 4.90 Å². The highest BCUT2D eigenvalue weighted by atomic mass is 32.2. The molecule has 142 valence electrons. The van der Waals surface area contributed by atoms with E-state index in [9.17, 15) is 4.79 Å². The van der Waals surface area contributed by atoms with Crippen LogP contribution in [0.2, 0.25) is 0 Å². The van der Waals surface area contributed by atoms with Gasteiger partial charge in [-0.3, -0.25) is 9.69 Å². The number of hydrogen-bond acceptors (Lipinski definition) is 6. The highest BCUT2D eigenvalue weighted by molar-refractivity contribution is 7.99. The van der Waals surface area contributed by atoms with Gasteiger partial charge in [0, 0.05) is 28.4 Å². The third-order valence-electron chi connectivity index (χ3n) is 4.15. The van der Waals surface area contributed by atoms with Gasteiger partial charge in [0.15, 0.2) is 5.13 Å². The Kier molecular flexibility index (Phi) is 6.81. The minimum absolute atomic E-state index is 0.00231. The maximum atomic E-state index is 13.3. The van der Waals surface area contributed by atoms with E-state index in [0.29, 0.717) is 12.1 Å². The van der Waals surface area contributed by atoms with Gasteiger partial charge in [-0.2, -0.15) is 0 Å². The average Bonchev–Trinajstić information content (AvgIpc) is 3.11. The summed E-state index contributed by atoms with van der Waals surface area (Å²) in [6.07, 6.45) is 4.07. The third-order valence-corrected chi connectivity index (χ3v) is 6.69. The molecular formula is C20H23N3OS3. The summed E-state index contributed by atoms with van der Waals surface area (Å²) in [5, 5.41) is 0.757. The number of likely N-dealkylation sites (N-methyl/N-ethyl adjacent to an activating group) is 1. The van der Waals surface area contributed by atoms with Crippen LogP contribution in [0, 0.1) is 0 Å². The van der Waals surface area contributed by atoms with Gasteiger partial charge in [0.2, 0.25) is 0 Å². The molecule has 7 heteroatoms. The number of carbonyl (C=O) groups excluding carboxylic acids is 1. The Morgan fingerprint density at radius 1 is 1.07 bits per heavy atom. The maximum absolute atomic E-state index is 13.3. The van der Waals surface area contributed by atoms with Crippen molar-refractivity contribution in [2.45, 2.75) is 9.79 Å². The van der Waals surface area contributed by atoms with Crippen molar-refractivity contribution >= 4 is 56.1 Å². The zero-order chi connectivity index (χ0) is 19.4. The van der Waals surface area contributed by atoms with Crippen LogP contribution in [0.25, 0.3) is 10.2 Å². The first-order valence-corrected chi connectivity index (χ1v) is 11.8. The lowest BCUT2D eigenvalue weighted by molar-refractivity contribution is 0.0985. The molecule has 0 aliphatic rings. The fraction of sp³-hybridized carbons (Fsp3) is 0.300. The van der Waals surface area contributed by atoms with Crippen molar-refractivity contribution < 1.29 is 4.79 Å². The zero-order valence-electron chi connectivity index (χ0n) is 15.9. The van der Waals surface area contributed by atoms with Crippen molar-refractivity contribution in [2.75, 3.05) is 44.6 Å². The Bertz CT molecular complexity index is 939. The lowest BCUT2D eigenvalue weighted by atomic mass is 10.2. The molecule has 0 aliphatic carbocycles. The highest BCUT2D eigenvalue weighted by Gasteiger charge is 2.22. The first kappa shape index (κ1) is 20.2. The number of rotatable bonds is 7. The Balaban J connectivity index is 2.01. The second-order valence-electron chi connectivity index (χ2n) is 6.30. The largest absolute Gasteiger partial charge is 0.308 e. The first-order chi connectivity index (χ1) is 13.0. The molecule has 1 aromatic heterocycles. The predicted molar refractivity (Wildman–Crippen MR) is 120 cm³/mol. The van der Waals surface area contributed by atoms with Crippen molar-refractivity contribution in [1.29, 1.82) is 0 Å². The average molecular weight is 418 g/mol. The molecule has 0 fully saturated rings. The van der Waals surface area contributed by atoms with E-state index >= 15 is 0 Å². The highest BCUT2D eigenvalue weighted by Crippen LogP contribution is 2.34. The van der Waals surface area contributed by atoms with E-state index in [-0.39, 0.29) is 5.91 Å². The van der Waals surface area contributed by atoms with E-state index in [0.717, 1.165) is 31.7 Å². The lowest BCUT2D eigenvalue weighted by Gasteiger charge is -2.22. The fourth-order valence-electron chi connectivity index (χ4n) is 2.69. The molecule has 4 nitrogen and oxygen atoms in total. The van der Waals surface area contributed by atoms with Crippen LogP contribution >= 0.6 is 34.9 Å². The quantitative estimate of drug-likeness (QED) is 0.509. The van der Waals surface area contributed by atoms with E-state index in [2.05, 4.69) is 23.3 Å². The number of benzene rings is 2. The summed E-state index contributed by atoms with van der Waals surface area (Å²) in [4.78, 5) is 24.3. The summed E-state index contributed by atoms with van der Waals surface area (Å²) in [5.41, 5.74) is 1.68. The summed E-state index contributed by atoms with van der Waals surface area (Å²) >= 11 is 4.90. The Morgan fingerprint density at radius 3 is 2.56 bits per heavy atom. The summed E-state index contributed by atoms with van der Waals surface area (Å²) < 4.78 is 1.11. The molecule has 0 saturated carbocycles. The Morgan fingerprint density at radius 2 is 1.85 bits per heavy atom. The van der Waals surface area contributed by atoms with E-state index in [1.165, 1.54) is 0 Å². The number of thiazole rings is 1. The van der Waals surface area contributed by atoms with Gasteiger partial charge in [-0.1, -0.05) is 23.5 Å². The summed E-state index contributed by atoms with van der Waals surface area (Å²) in [7, 11) is 4.03. The topological polar surface area (TPSA) is 36.4 Å². The van der Waals surface area contributed by atoms with Crippen molar-refractivity contribution in [1.82, 2.24) is 9.88 Å². The molecule has 3 rings (SSSR count). The first-order valence-electron chi connectivity index (χ1n) is 8.57. The molecule has 0 radical (unpaired) electrons. The normalized spacial score (nSPS) is 11.3. The van der Waals surface area contributed by atoms with Gasteiger partial charge in [0.05, 0.1) is 10.2 Å². The van der Waals surface area contributed by atoms with Crippen molar-refractivity contribution in [3.8, 4) is 0 Å².